The number of fused-ring (bicyclic) bond motifs is 4. The standard InChI is InChI=1S/C22H28N2OS/c1-4-13-24-20(25)18-19(23-21(24)26-15(2)3)17-10-6-5-9-16(17)14-22(18)11-7-8-12-22/h5-6,9-10,15H,4,7-8,11-14H2,1-3H3. The van der Waals surface area contributed by atoms with Gasteiger partial charge in [-0.3, -0.25) is 9.36 Å². The van der Waals surface area contributed by atoms with Gasteiger partial charge in [0.1, 0.15) is 0 Å². The molecule has 0 radical (unpaired) electrons. The number of hydrogen-bond acceptors (Lipinski definition) is 3. The first-order chi connectivity index (χ1) is 12.6. The van der Waals surface area contributed by atoms with E-state index in [-0.39, 0.29) is 11.0 Å². The fourth-order valence-electron chi connectivity index (χ4n) is 4.77. The lowest BCUT2D eigenvalue weighted by molar-refractivity contribution is 0.414. The van der Waals surface area contributed by atoms with Crippen LogP contribution in [0.15, 0.2) is 34.2 Å². The molecule has 2 aliphatic rings. The predicted molar refractivity (Wildman–Crippen MR) is 109 cm³/mol. The normalized spacial score (nSPS) is 17.5. The van der Waals surface area contributed by atoms with Gasteiger partial charge in [-0.15, -0.1) is 0 Å². The highest BCUT2D eigenvalue weighted by Crippen LogP contribution is 2.50. The van der Waals surface area contributed by atoms with Crippen LogP contribution in [-0.4, -0.2) is 14.8 Å². The van der Waals surface area contributed by atoms with Crippen molar-refractivity contribution < 1.29 is 0 Å². The number of hydrogen-bond donors (Lipinski definition) is 0. The first-order valence-electron chi connectivity index (χ1n) is 9.96. The highest BCUT2D eigenvalue weighted by Gasteiger charge is 2.44. The van der Waals surface area contributed by atoms with E-state index in [0.29, 0.717) is 5.25 Å². The molecule has 4 heteroatoms. The maximum absolute atomic E-state index is 13.7. The summed E-state index contributed by atoms with van der Waals surface area (Å²) in [5, 5.41) is 1.29. The maximum atomic E-state index is 13.7. The molecule has 138 valence electrons. The van der Waals surface area contributed by atoms with Gasteiger partial charge in [0, 0.05) is 22.8 Å². The highest BCUT2D eigenvalue weighted by molar-refractivity contribution is 7.99. The van der Waals surface area contributed by atoms with Crippen molar-refractivity contribution in [2.24, 2.45) is 0 Å². The van der Waals surface area contributed by atoms with Crippen LogP contribution < -0.4 is 5.56 Å². The van der Waals surface area contributed by atoms with Crippen molar-refractivity contribution in [3.05, 3.63) is 45.7 Å². The molecule has 4 rings (SSSR count). The van der Waals surface area contributed by atoms with Gasteiger partial charge in [0.2, 0.25) is 0 Å². The predicted octanol–water partition coefficient (Wildman–Crippen LogP) is 5.19. The molecule has 2 aliphatic carbocycles. The zero-order valence-corrected chi connectivity index (χ0v) is 16.9. The van der Waals surface area contributed by atoms with Crippen LogP contribution in [0.5, 0.6) is 0 Å². The lowest BCUT2D eigenvalue weighted by Gasteiger charge is -2.36. The lowest BCUT2D eigenvalue weighted by atomic mass is 9.68. The van der Waals surface area contributed by atoms with Crippen molar-refractivity contribution in [3.8, 4) is 11.3 Å². The second-order valence-electron chi connectivity index (χ2n) is 8.06. The molecule has 26 heavy (non-hydrogen) atoms. The Kier molecular flexibility index (Phi) is 4.72. The van der Waals surface area contributed by atoms with E-state index < -0.39 is 0 Å². The van der Waals surface area contributed by atoms with Crippen LogP contribution in [0.25, 0.3) is 11.3 Å². The Hall–Kier alpha value is -1.55. The Morgan fingerprint density at radius 3 is 2.65 bits per heavy atom. The molecule has 0 saturated heterocycles. The smallest absolute Gasteiger partial charge is 0.258 e. The number of nitrogens with zero attached hydrogens (tertiary/aromatic N) is 2. The molecule has 1 saturated carbocycles. The molecule has 1 spiro atoms. The molecule has 1 fully saturated rings. The number of rotatable bonds is 4. The summed E-state index contributed by atoms with van der Waals surface area (Å²) in [4.78, 5) is 18.8. The van der Waals surface area contributed by atoms with E-state index >= 15 is 0 Å². The maximum Gasteiger partial charge on any atom is 0.258 e. The monoisotopic (exact) mass is 368 g/mol. The van der Waals surface area contributed by atoms with Crippen molar-refractivity contribution in [3.63, 3.8) is 0 Å². The largest absolute Gasteiger partial charge is 0.287 e. The minimum Gasteiger partial charge on any atom is -0.287 e. The van der Waals surface area contributed by atoms with Gasteiger partial charge in [-0.05, 0) is 31.2 Å². The van der Waals surface area contributed by atoms with Crippen LogP contribution in [0.4, 0.5) is 0 Å². The van der Waals surface area contributed by atoms with Crippen LogP contribution in [0.1, 0.15) is 64.0 Å². The van der Waals surface area contributed by atoms with Gasteiger partial charge in [0.25, 0.3) is 5.56 Å². The van der Waals surface area contributed by atoms with Gasteiger partial charge < -0.3 is 0 Å². The van der Waals surface area contributed by atoms with E-state index in [1.54, 1.807) is 11.8 Å². The summed E-state index contributed by atoms with van der Waals surface area (Å²) in [5.41, 5.74) is 4.74. The van der Waals surface area contributed by atoms with E-state index in [4.69, 9.17) is 4.98 Å². The lowest BCUT2D eigenvalue weighted by Crippen LogP contribution is -2.40. The average molecular weight is 369 g/mol. The summed E-state index contributed by atoms with van der Waals surface area (Å²) < 4.78 is 1.96. The molecular formula is C22H28N2OS. The van der Waals surface area contributed by atoms with Crippen molar-refractivity contribution in [1.29, 1.82) is 0 Å². The third-order valence-electron chi connectivity index (χ3n) is 5.81. The fraction of sp³-hybridized carbons (Fsp3) is 0.545. The van der Waals surface area contributed by atoms with Gasteiger partial charge >= 0.3 is 0 Å². The fourth-order valence-corrected chi connectivity index (χ4v) is 5.63. The highest BCUT2D eigenvalue weighted by atomic mass is 32.2. The van der Waals surface area contributed by atoms with Crippen molar-refractivity contribution in [2.45, 2.75) is 81.7 Å². The van der Waals surface area contributed by atoms with Gasteiger partial charge in [-0.2, -0.15) is 0 Å². The minimum atomic E-state index is 0.00425. The van der Waals surface area contributed by atoms with Crippen LogP contribution in [-0.2, 0) is 18.4 Å². The van der Waals surface area contributed by atoms with E-state index in [2.05, 4.69) is 45.0 Å². The van der Waals surface area contributed by atoms with Crippen molar-refractivity contribution >= 4 is 11.8 Å². The topological polar surface area (TPSA) is 34.9 Å². The molecule has 0 N–H and O–H groups in total. The summed E-state index contributed by atoms with van der Waals surface area (Å²) in [6, 6.07) is 8.57. The van der Waals surface area contributed by atoms with Crippen molar-refractivity contribution in [2.75, 3.05) is 0 Å². The third kappa shape index (κ3) is 2.83. The average Bonchev–Trinajstić information content (AvgIpc) is 3.06. The molecule has 1 aromatic heterocycles. The van der Waals surface area contributed by atoms with Crippen LogP contribution in [0.2, 0.25) is 0 Å². The molecule has 0 unspecified atom stereocenters. The van der Waals surface area contributed by atoms with E-state index in [0.717, 1.165) is 48.6 Å². The second kappa shape index (κ2) is 6.88. The molecule has 1 heterocycles. The van der Waals surface area contributed by atoms with Gasteiger partial charge in [-0.1, -0.05) is 69.6 Å². The van der Waals surface area contributed by atoms with E-state index in [1.165, 1.54) is 24.0 Å². The molecule has 0 bridgehead atoms. The Morgan fingerprint density at radius 2 is 1.96 bits per heavy atom. The quantitative estimate of drug-likeness (QED) is 0.550. The molecule has 0 amide bonds. The van der Waals surface area contributed by atoms with Crippen LogP contribution >= 0.6 is 11.8 Å². The van der Waals surface area contributed by atoms with Gasteiger partial charge in [-0.25, -0.2) is 4.98 Å². The van der Waals surface area contributed by atoms with Gasteiger partial charge in [0.05, 0.1) is 11.3 Å². The molecule has 1 aromatic carbocycles. The molecule has 0 atom stereocenters. The molecule has 2 aromatic rings. The summed E-state index contributed by atoms with van der Waals surface area (Å²) in [6.07, 6.45) is 6.63. The van der Waals surface area contributed by atoms with E-state index in [9.17, 15) is 4.79 Å². The molecule has 3 nitrogen and oxygen atoms in total. The first-order valence-corrected chi connectivity index (χ1v) is 10.8. The Morgan fingerprint density at radius 1 is 1.23 bits per heavy atom. The summed E-state index contributed by atoms with van der Waals surface area (Å²) >= 11 is 1.71. The van der Waals surface area contributed by atoms with Crippen LogP contribution in [0, 0.1) is 0 Å². The minimum absolute atomic E-state index is 0.00425. The molecule has 0 aliphatic heterocycles. The number of thioether (sulfide) groups is 1. The summed E-state index contributed by atoms with van der Waals surface area (Å²) in [5.74, 6) is 0. The summed E-state index contributed by atoms with van der Waals surface area (Å²) in [7, 11) is 0. The van der Waals surface area contributed by atoms with Crippen LogP contribution in [0.3, 0.4) is 0 Å². The SMILES string of the molecule is CCCn1c(SC(C)C)nc2c(c1=O)C1(CCCC1)Cc1ccccc1-2. The summed E-state index contributed by atoms with van der Waals surface area (Å²) in [6.45, 7) is 7.22. The second-order valence-corrected chi connectivity index (χ2v) is 9.61. The Labute approximate surface area is 160 Å². The molecular weight excluding hydrogens is 340 g/mol. The van der Waals surface area contributed by atoms with Gasteiger partial charge in [0.15, 0.2) is 5.16 Å². The number of aromatic nitrogens is 2. The van der Waals surface area contributed by atoms with Crippen molar-refractivity contribution in [1.82, 2.24) is 9.55 Å². The Bertz CT molecular complexity index is 878. The zero-order valence-electron chi connectivity index (χ0n) is 16.0. The first kappa shape index (κ1) is 17.8. The number of benzene rings is 1. The third-order valence-corrected chi connectivity index (χ3v) is 6.81. The zero-order chi connectivity index (χ0) is 18.3. The Balaban J connectivity index is 2.02. The van der Waals surface area contributed by atoms with E-state index in [1.807, 2.05) is 4.57 Å².